The van der Waals surface area contributed by atoms with Gasteiger partial charge in [-0.15, -0.1) is 0 Å². The van der Waals surface area contributed by atoms with Gasteiger partial charge < -0.3 is 10.2 Å². The normalized spacial score (nSPS) is 26.8. The van der Waals surface area contributed by atoms with Gasteiger partial charge in [0.2, 0.25) is 5.91 Å². The molecule has 1 aromatic carbocycles. The monoisotopic (exact) mass is 292 g/mol. The number of hydrogen-bond donors (Lipinski definition) is 1. The fourth-order valence-corrected chi connectivity index (χ4v) is 3.55. The van der Waals surface area contributed by atoms with E-state index >= 15 is 0 Å². The van der Waals surface area contributed by atoms with Gasteiger partial charge >= 0.3 is 0 Å². The van der Waals surface area contributed by atoms with E-state index < -0.39 is 0 Å². The summed E-state index contributed by atoms with van der Waals surface area (Å²) >= 11 is 6.08. The number of piperidine rings is 1. The highest BCUT2D eigenvalue weighted by atomic mass is 35.5. The molecule has 1 amide bonds. The molecule has 0 aliphatic carbocycles. The van der Waals surface area contributed by atoms with Gasteiger partial charge in [-0.2, -0.15) is 0 Å². The summed E-state index contributed by atoms with van der Waals surface area (Å²) in [4.78, 5) is 14.7. The fourth-order valence-electron chi connectivity index (χ4n) is 3.35. The van der Waals surface area contributed by atoms with Crippen LogP contribution < -0.4 is 5.32 Å². The maximum atomic E-state index is 12.7. The third kappa shape index (κ3) is 2.84. The van der Waals surface area contributed by atoms with Crippen LogP contribution in [0.4, 0.5) is 0 Å². The third-order valence-corrected chi connectivity index (χ3v) is 4.61. The van der Waals surface area contributed by atoms with Crippen molar-refractivity contribution >= 4 is 17.5 Å². The van der Waals surface area contributed by atoms with Gasteiger partial charge in [-0.25, -0.2) is 0 Å². The minimum absolute atomic E-state index is 0.0172. The summed E-state index contributed by atoms with van der Waals surface area (Å²) in [5.41, 5.74) is 1.17. The van der Waals surface area contributed by atoms with Crippen molar-refractivity contribution in [3.8, 4) is 0 Å². The first-order valence-electron chi connectivity index (χ1n) is 7.55. The minimum atomic E-state index is 0.0172. The van der Waals surface area contributed by atoms with Crippen LogP contribution in [-0.4, -0.2) is 29.9 Å². The molecular weight excluding hydrogens is 272 g/mol. The lowest BCUT2D eigenvalue weighted by Crippen LogP contribution is -2.48. The van der Waals surface area contributed by atoms with Crippen molar-refractivity contribution < 1.29 is 4.79 Å². The van der Waals surface area contributed by atoms with Crippen LogP contribution in [0.25, 0.3) is 0 Å². The molecule has 0 bridgehead atoms. The first-order chi connectivity index (χ1) is 9.75. The number of carbonyl (C=O) groups excluding carboxylic acids is 1. The van der Waals surface area contributed by atoms with Crippen LogP contribution in [0.15, 0.2) is 24.3 Å². The molecule has 2 fully saturated rings. The molecule has 0 saturated carbocycles. The van der Waals surface area contributed by atoms with Crippen molar-refractivity contribution in [2.24, 2.45) is 0 Å². The average Bonchev–Trinajstić information content (AvgIpc) is 2.97. The molecule has 2 aliphatic heterocycles. The second kappa shape index (κ2) is 6.15. The topological polar surface area (TPSA) is 32.3 Å². The van der Waals surface area contributed by atoms with Crippen LogP contribution in [0.3, 0.4) is 0 Å². The predicted molar refractivity (Wildman–Crippen MR) is 80.8 cm³/mol. The van der Waals surface area contributed by atoms with Crippen LogP contribution in [0.1, 0.15) is 43.7 Å². The molecule has 108 valence electrons. The van der Waals surface area contributed by atoms with Gasteiger partial charge in [0.15, 0.2) is 0 Å². The SMILES string of the molecule is O=C([C@H]1CCCCN1)N1CCCC1c1cccc(Cl)c1. The third-order valence-electron chi connectivity index (χ3n) is 4.38. The van der Waals surface area contributed by atoms with E-state index in [1.54, 1.807) is 0 Å². The largest absolute Gasteiger partial charge is 0.334 e. The lowest BCUT2D eigenvalue weighted by Gasteiger charge is -2.31. The van der Waals surface area contributed by atoms with E-state index in [9.17, 15) is 4.79 Å². The highest BCUT2D eigenvalue weighted by Gasteiger charge is 2.34. The van der Waals surface area contributed by atoms with Crippen LogP contribution in [0, 0.1) is 0 Å². The number of hydrogen-bond acceptors (Lipinski definition) is 2. The molecule has 20 heavy (non-hydrogen) atoms. The molecule has 0 radical (unpaired) electrons. The van der Waals surface area contributed by atoms with Gasteiger partial charge in [0, 0.05) is 11.6 Å². The second-order valence-corrected chi connectivity index (χ2v) is 6.18. The Morgan fingerprint density at radius 1 is 1.25 bits per heavy atom. The first-order valence-corrected chi connectivity index (χ1v) is 7.93. The molecule has 1 unspecified atom stereocenters. The van der Waals surface area contributed by atoms with E-state index in [2.05, 4.69) is 16.3 Å². The van der Waals surface area contributed by atoms with Crippen LogP contribution >= 0.6 is 11.6 Å². The Hall–Kier alpha value is -1.06. The summed E-state index contributed by atoms with van der Waals surface area (Å²) in [5, 5.41) is 4.11. The second-order valence-electron chi connectivity index (χ2n) is 5.75. The zero-order valence-corrected chi connectivity index (χ0v) is 12.4. The number of nitrogens with one attached hydrogen (secondary N) is 1. The van der Waals surface area contributed by atoms with E-state index in [0.717, 1.165) is 43.8 Å². The van der Waals surface area contributed by atoms with Gasteiger partial charge in [-0.1, -0.05) is 30.2 Å². The quantitative estimate of drug-likeness (QED) is 0.908. The molecule has 3 nitrogen and oxygen atoms in total. The van der Waals surface area contributed by atoms with E-state index in [-0.39, 0.29) is 18.0 Å². The number of likely N-dealkylation sites (tertiary alicyclic amines) is 1. The highest BCUT2D eigenvalue weighted by molar-refractivity contribution is 6.30. The molecule has 2 aliphatic rings. The van der Waals surface area contributed by atoms with Gasteiger partial charge in [-0.05, 0) is 49.9 Å². The number of nitrogens with zero attached hydrogens (tertiary/aromatic N) is 1. The Morgan fingerprint density at radius 3 is 2.90 bits per heavy atom. The van der Waals surface area contributed by atoms with Crippen LogP contribution in [-0.2, 0) is 4.79 Å². The maximum Gasteiger partial charge on any atom is 0.240 e. The molecule has 3 rings (SSSR count). The van der Waals surface area contributed by atoms with Gasteiger partial charge in [0.05, 0.1) is 12.1 Å². The summed E-state index contributed by atoms with van der Waals surface area (Å²) in [5.74, 6) is 0.271. The lowest BCUT2D eigenvalue weighted by molar-refractivity contribution is -0.135. The lowest BCUT2D eigenvalue weighted by atomic mass is 10.0. The molecule has 2 heterocycles. The maximum absolute atomic E-state index is 12.7. The fraction of sp³-hybridized carbons (Fsp3) is 0.562. The number of benzene rings is 1. The molecule has 0 aromatic heterocycles. The summed E-state index contributed by atoms with van der Waals surface area (Å²) in [6.07, 6.45) is 5.42. The summed E-state index contributed by atoms with van der Waals surface area (Å²) in [6.45, 7) is 1.83. The molecular formula is C16H21ClN2O. The van der Waals surface area contributed by atoms with Crippen molar-refractivity contribution in [2.45, 2.75) is 44.2 Å². The molecule has 1 N–H and O–H groups in total. The first kappa shape index (κ1) is 13.9. The summed E-state index contributed by atoms with van der Waals surface area (Å²) < 4.78 is 0. The Balaban J connectivity index is 1.76. The van der Waals surface area contributed by atoms with Crippen molar-refractivity contribution in [2.75, 3.05) is 13.1 Å². The predicted octanol–water partition coefficient (Wildman–Crippen LogP) is 3.15. The van der Waals surface area contributed by atoms with E-state index in [1.807, 2.05) is 18.2 Å². The number of rotatable bonds is 2. The Labute approximate surface area is 125 Å². The Bertz CT molecular complexity index is 485. The van der Waals surface area contributed by atoms with Crippen molar-refractivity contribution in [3.63, 3.8) is 0 Å². The summed E-state index contributed by atoms with van der Waals surface area (Å²) in [6, 6.07) is 8.14. The summed E-state index contributed by atoms with van der Waals surface area (Å²) in [7, 11) is 0. The highest BCUT2D eigenvalue weighted by Crippen LogP contribution is 2.33. The molecule has 4 heteroatoms. The van der Waals surface area contributed by atoms with Crippen molar-refractivity contribution in [1.82, 2.24) is 10.2 Å². The van der Waals surface area contributed by atoms with E-state index in [4.69, 9.17) is 11.6 Å². The van der Waals surface area contributed by atoms with Crippen molar-refractivity contribution in [3.05, 3.63) is 34.9 Å². The minimum Gasteiger partial charge on any atom is -0.334 e. The number of carbonyl (C=O) groups is 1. The van der Waals surface area contributed by atoms with Crippen LogP contribution in [0.2, 0.25) is 5.02 Å². The van der Waals surface area contributed by atoms with E-state index in [1.165, 1.54) is 12.0 Å². The van der Waals surface area contributed by atoms with Crippen LogP contribution in [0.5, 0.6) is 0 Å². The zero-order chi connectivity index (χ0) is 13.9. The molecule has 2 atom stereocenters. The Morgan fingerprint density at radius 2 is 2.15 bits per heavy atom. The van der Waals surface area contributed by atoms with E-state index in [0.29, 0.717) is 0 Å². The smallest absolute Gasteiger partial charge is 0.240 e. The Kier molecular flexibility index (Phi) is 4.27. The molecule has 2 saturated heterocycles. The van der Waals surface area contributed by atoms with Gasteiger partial charge in [0.1, 0.15) is 0 Å². The van der Waals surface area contributed by atoms with Crippen molar-refractivity contribution in [1.29, 1.82) is 0 Å². The number of halogens is 1. The average molecular weight is 293 g/mol. The molecule has 1 aromatic rings. The number of amides is 1. The van der Waals surface area contributed by atoms with Gasteiger partial charge in [-0.3, -0.25) is 4.79 Å². The standard InChI is InChI=1S/C16H21ClN2O/c17-13-6-3-5-12(11-13)15-8-4-10-19(15)16(20)14-7-1-2-9-18-14/h3,5-6,11,14-15,18H,1-2,4,7-10H2/t14-,15?/m1/s1. The van der Waals surface area contributed by atoms with Gasteiger partial charge in [0.25, 0.3) is 0 Å². The molecule has 0 spiro atoms. The zero-order valence-electron chi connectivity index (χ0n) is 11.6.